The zero-order valence-electron chi connectivity index (χ0n) is 13.9. The van der Waals surface area contributed by atoms with Gasteiger partial charge >= 0.3 is 5.97 Å². The average molecular weight is 384 g/mol. The zero-order chi connectivity index (χ0) is 18.6. The number of benzene rings is 1. The van der Waals surface area contributed by atoms with Crippen molar-refractivity contribution in [1.29, 1.82) is 0 Å². The van der Waals surface area contributed by atoms with Crippen LogP contribution in [0.1, 0.15) is 43.0 Å². The van der Waals surface area contributed by atoms with Crippen molar-refractivity contribution in [2.24, 2.45) is 0 Å². The number of rotatable bonds is 7. The van der Waals surface area contributed by atoms with Crippen LogP contribution in [0.2, 0.25) is 10.0 Å². The number of carbonyl (C=O) groups is 1. The van der Waals surface area contributed by atoms with Crippen LogP contribution >= 0.6 is 23.2 Å². The lowest BCUT2D eigenvalue weighted by molar-refractivity contribution is -0.136. The molecule has 1 aromatic heterocycles. The number of aliphatic carboxylic acids is 1. The number of anilines is 1. The second-order valence-corrected chi connectivity index (χ2v) is 6.78. The summed E-state index contributed by atoms with van der Waals surface area (Å²) in [5.74, 6) is -0.802. The average Bonchev–Trinajstić information content (AvgIpc) is 2.51. The van der Waals surface area contributed by atoms with Crippen molar-refractivity contribution in [2.75, 3.05) is 11.9 Å². The Balaban J connectivity index is 2.21. The van der Waals surface area contributed by atoms with Gasteiger partial charge in [0.25, 0.3) is 5.56 Å². The molecule has 134 valence electrons. The van der Waals surface area contributed by atoms with Crippen molar-refractivity contribution < 1.29 is 9.90 Å². The van der Waals surface area contributed by atoms with Crippen LogP contribution in [0, 0.1) is 0 Å². The minimum Gasteiger partial charge on any atom is -0.481 e. The van der Waals surface area contributed by atoms with Gasteiger partial charge in [-0.15, -0.1) is 0 Å². The van der Waals surface area contributed by atoms with Gasteiger partial charge in [-0.25, -0.2) is 5.10 Å². The molecule has 1 aromatic carbocycles. The fourth-order valence-electron chi connectivity index (χ4n) is 2.35. The Morgan fingerprint density at radius 3 is 2.48 bits per heavy atom. The second-order valence-electron chi connectivity index (χ2n) is 5.96. The molecule has 2 aromatic rings. The van der Waals surface area contributed by atoms with Crippen LogP contribution in [0.3, 0.4) is 0 Å². The lowest BCUT2D eigenvalue weighted by atomic mass is 10.0. The van der Waals surface area contributed by atoms with Gasteiger partial charge in [-0.3, -0.25) is 9.59 Å². The van der Waals surface area contributed by atoms with E-state index in [1.54, 1.807) is 18.2 Å². The number of H-pyrrole nitrogens is 1. The zero-order valence-corrected chi connectivity index (χ0v) is 15.4. The molecule has 0 aliphatic heterocycles. The summed E-state index contributed by atoms with van der Waals surface area (Å²) in [6, 6.07) is 5.15. The number of hydrogen-bond donors (Lipinski definition) is 3. The molecule has 0 saturated heterocycles. The maximum absolute atomic E-state index is 11.8. The molecule has 0 aliphatic carbocycles. The highest BCUT2D eigenvalue weighted by Gasteiger charge is 2.13. The first-order valence-electron chi connectivity index (χ1n) is 7.80. The molecule has 0 spiro atoms. The number of nitrogens with zero attached hydrogens (tertiary/aromatic N) is 1. The second kappa shape index (κ2) is 8.36. The third-order valence-electron chi connectivity index (χ3n) is 3.67. The van der Waals surface area contributed by atoms with Crippen molar-refractivity contribution >= 4 is 34.9 Å². The standard InChI is InChI=1S/C17H19Cl2N3O3/c1-9(2)12-5-11(21-22-17(12)25)6-13-14(18)7-10(8-15(13)19)20-4-3-16(23)24/h5,7-9,20H,3-4,6H2,1-2H3,(H,22,25)(H,23,24). The number of carboxylic acids is 1. The van der Waals surface area contributed by atoms with E-state index in [4.69, 9.17) is 28.3 Å². The third kappa shape index (κ3) is 5.21. The molecule has 1 heterocycles. The molecular weight excluding hydrogens is 365 g/mol. The molecule has 0 bridgehead atoms. The molecule has 8 heteroatoms. The van der Waals surface area contributed by atoms with Crippen molar-refractivity contribution in [1.82, 2.24) is 10.2 Å². The number of carboxylic acid groups (broad SMARTS) is 1. The fourth-order valence-corrected chi connectivity index (χ4v) is 2.97. The number of aromatic nitrogens is 2. The van der Waals surface area contributed by atoms with Crippen molar-refractivity contribution in [3.63, 3.8) is 0 Å². The molecule has 6 nitrogen and oxygen atoms in total. The van der Waals surface area contributed by atoms with Gasteiger partial charge in [0.2, 0.25) is 0 Å². The van der Waals surface area contributed by atoms with Crippen LogP contribution < -0.4 is 10.9 Å². The molecule has 2 rings (SSSR count). The van der Waals surface area contributed by atoms with Crippen LogP contribution in [-0.2, 0) is 11.2 Å². The summed E-state index contributed by atoms with van der Waals surface area (Å²) in [6.45, 7) is 4.15. The van der Waals surface area contributed by atoms with Gasteiger partial charge in [0, 0.05) is 34.3 Å². The summed E-state index contributed by atoms with van der Waals surface area (Å²) in [4.78, 5) is 22.3. The minimum absolute atomic E-state index is 0.00370. The Morgan fingerprint density at radius 2 is 1.92 bits per heavy atom. The van der Waals surface area contributed by atoms with Gasteiger partial charge in [0.15, 0.2) is 0 Å². The van der Waals surface area contributed by atoms with Crippen molar-refractivity contribution in [2.45, 2.75) is 32.6 Å². The monoisotopic (exact) mass is 383 g/mol. The molecule has 0 atom stereocenters. The summed E-state index contributed by atoms with van der Waals surface area (Å²) in [7, 11) is 0. The lowest BCUT2D eigenvalue weighted by Crippen LogP contribution is -2.17. The van der Waals surface area contributed by atoms with Gasteiger partial charge in [-0.1, -0.05) is 37.0 Å². The topological polar surface area (TPSA) is 95.1 Å². The van der Waals surface area contributed by atoms with E-state index in [9.17, 15) is 9.59 Å². The number of hydrogen-bond acceptors (Lipinski definition) is 4. The summed E-state index contributed by atoms with van der Waals surface area (Å²) in [5.41, 5.74) is 2.47. The predicted molar refractivity (Wildman–Crippen MR) is 99.0 cm³/mol. The number of halogens is 2. The summed E-state index contributed by atoms with van der Waals surface area (Å²) < 4.78 is 0. The highest BCUT2D eigenvalue weighted by atomic mass is 35.5. The van der Waals surface area contributed by atoms with E-state index in [0.29, 0.717) is 39.0 Å². The van der Waals surface area contributed by atoms with Crippen molar-refractivity contribution in [3.05, 3.63) is 55.4 Å². The molecule has 0 amide bonds. The largest absolute Gasteiger partial charge is 0.481 e. The van der Waals surface area contributed by atoms with Crippen LogP contribution in [-0.4, -0.2) is 27.8 Å². The van der Waals surface area contributed by atoms with Crippen LogP contribution in [0.15, 0.2) is 23.0 Å². The fraction of sp³-hybridized carbons (Fsp3) is 0.353. The smallest absolute Gasteiger partial charge is 0.305 e. The maximum Gasteiger partial charge on any atom is 0.305 e. The summed E-state index contributed by atoms with van der Waals surface area (Å²) in [6.07, 6.45) is 0.375. The van der Waals surface area contributed by atoms with Crippen molar-refractivity contribution in [3.8, 4) is 0 Å². The van der Waals surface area contributed by atoms with E-state index in [0.717, 1.165) is 0 Å². The SMILES string of the molecule is CC(C)c1cc(Cc2c(Cl)cc(NCCC(=O)O)cc2Cl)n[nH]c1=O. The van der Waals surface area contributed by atoms with E-state index in [2.05, 4.69) is 15.5 Å². The quantitative estimate of drug-likeness (QED) is 0.677. The Bertz CT molecular complexity index is 811. The third-order valence-corrected chi connectivity index (χ3v) is 4.35. The maximum atomic E-state index is 11.8. The van der Waals surface area contributed by atoms with E-state index in [1.807, 2.05) is 13.8 Å². The Morgan fingerprint density at radius 1 is 1.28 bits per heavy atom. The van der Waals surface area contributed by atoms with Gasteiger partial charge in [-0.05, 0) is 29.7 Å². The minimum atomic E-state index is -0.883. The van der Waals surface area contributed by atoms with E-state index >= 15 is 0 Å². The molecule has 0 radical (unpaired) electrons. The Labute approximate surface area is 155 Å². The van der Waals surface area contributed by atoms with Crippen LogP contribution in [0.25, 0.3) is 0 Å². The van der Waals surface area contributed by atoms with E-state index in [1.165, 1.54) is 0 Å². The molecule has 0 saturated carbocycles. The lowest BCUT2D eigenvalue weighted by Gasteiger charge is -2.12. The molecule has 0 unspecified atom stereocenters. The highest BCUT2D eigenvalue weighted by Crippen LogP contribution is 2.31. The number of aromatic amines is 1. The summed E-state index contributed by atoms with van der Waals surface area (Å²) in [5, 5.41) is 19.1. The first-order valence-corrected chi connectivity index (χ1v) is 8.55. The van der Waals surface area contributed by atoms with Gasteiger partial charge < -0.3 is 10.4 Å². The highest BCUT2D eigenvalue weighted by molar-refractivity contribution is 6.36. The first-order chi connectivity index (χ1) is 11.8. The summed E-state index contributed by atoms with van der Waals surface area (Å²) >= 11 is 12.6. The Hall–Kier alpha value is -2.05. The molecule has 3 N–H and O–H groups in total. The Kier molecular flexibility index (Phi) is 6.45. The molecule has 0 fully saturated rings. The van der Waals surface area contributed by atoms with Gasteiger partial charge in [0.1, 0.15) is 0 Å². The van der Waals surface area contributed by atoms with E-state index < -0.39 is 5.97 Å². The van der Waals surface area contributed by atoms with Crippen LogP contribution in [0.5, 0.6) is 0 Å². The first kappa shape index (κ1) is 19.3. The van der Waals surface area contributed by atoms with Crippen LogP contribution in [0.4, 0.5) is 5.69 Å². The number of nitrogens with one attached hydrogen (secondary N) is 2. The molecule has 0 aliphatic rings. The molecular formula is C17H19Cl2N3O3. The molecule has 25 heavy (non-hydrogen) atoms. The van der Waals surface area contributed by atoms with E-state index in [-0.39, 0.29) is 24.4 Å². The normalized spacial score (nSPS) is 10.9. The predicted octanol–water partition coefficient (Wildman–Crippen LogP) is 3.68. The van der Waals surface area contributed by atoms with Gasteiger partial charge in [0.05, 0.1) is 12.1 Å². The van der Waals surface area contributed by atoms with Gasteiger partial charge in [-0.2, -0.15) is 5.10 Å².